The third-order valence-corrected chi connectivity index (χ3v) is 11.8. The van der Waals surface area contributed by atoms with Crippen LogP contribution in [-0.2, 0) is 40.1 Å². The van der Waals surface area contributed by atoms with Crippen molar-refractivity contribution in [1.82, 2.24) is 35.5 Å². The molecule has 0 aliphatic carbocycles. The number of hydrogen-bond donors (Lipinski definition) is 4. The van der Waals surface area contributed by atoms with E-state index in [-0.39, 0.29) is 39.2 Å². The van der Waals surface area contributed by atoms with E-state index in [0.717, 1.165) is 36.3 Å². The number of unbranched alkanes of at least 4 members (excludes halogenated alkanes) is 1. The van der Waals surface area contributed by atoms with E-state index < -0.39 is 34.1 Å². The number of benzene rings is 2. The number of hydrogen-bond acceptors (Lipinski definition) is 11. The molecule has 55 heavy (non-hydrogen) atoms. The highest BCUT2D eigenvalue weighted by molar-refractivity contribution is 7.91. The number of sulfone groups is 1. The number of amides is 3. The molecule has 4 heterocycles. The van der Waals surface area contributed by atoms with Gasteiger partial charge in [-0.05, 0) is 69.9 Å². The minimum absolute atomic E-state index is 0.0255. The van der Waals surface area contributed by atoms with Crippen molar-refractivity contribution in [1.29, 1.82) is 0 Å². The summed E-state index contributed by atoms with van der Waals surface area (Å²) in [6.45, 7) is 4.57. The maximum atomic E-state index is 13.9. The first-order chi connectivity index (χ1) is 26.4. The van der Waals surface area contributed by atoms with Gasteiger partial charge in [0.15, 0.2) is 0 Å². The first kappa shape index (κ1) is 39.4. The molecule has 4 unspecified atom stereocenters. The molecule has 17 heteroatoms. The smallest absolute Gasteiger partial charge is 0.407 e. The predicted molar refractivity (Wildman–Crippen MR) is 200 cm³/mol. The summed E-state index contributed by atoms with van der Waals surface area (Å²) < 4.78 is 49.2. The lowest BCUT2D eigenvalue weighted by Gasteiger charge is -2.30. The molecule has 2 aromatic heterocycles. The van der Waals surface area contributed by atoms with Gasteiger partial charge >= 0.3 is 6.09 Å². The quantitative estimate of drug-likeness (QED) is 0.107. The van der Waals surface area contributed by atoms with Gasteiger partial charge in [0.25, 0.3) is 0 Å². The number of rotatable bonds is 15. The number of imidazole rings is 2. The molecular weight excluding hydrogens is 731 g/mol. The van der Waals surface area contributed by atoms with Crippen molar-refractivity contribution in [3.05, 3.63) is 60.4 Å². The fourth-order valence-electron chi connectivity index (χ4n) is 6.73. The van der Waals surface area contributed by atoms with Crippen LogP contribution in [0.2, 0.25) is 0 Å². The summed E-state index contributed by atoms with van der Waals surface area (Å²) in [7, 11) is 0.317. The number of nitrogens with one attached hydrogen (secondary N) is 4. The molecule has 16 nitrogen and oxygen atoms in total. The minimum Gasteiger partial charge on any atom is -0.455 e. The average molecular weight is 778 g/mol. The molecule has 1 saturated heterocycles. The lowest BCUT2D eigenvalue weighted by molar-refractivity contribution is -0.137. The fraction of sp³-hybridized carbons (Fsp3) is 0.447. The van der Waals surface area contributed by atoms with E-state index in [1.165, 1.54) is 20.3 Å². The van der Waals surface area contributed by atoms with Gasteiger partial charge in [-0.15, -0.1) is 0 Å². The van der Waals surface area contributed by atoms with Gasteiger partial charge < -0.3 is 44.4 Å². The Bertz CT molecular complexity index is 2130. The largest absolute Gasteiger partial charge is 0.455 e. The van der Waals surface area contributed by atoms with Crippen molar-refractivity contribution < 1.29 is 41.7 Å². The molecule has 0 radical (unpaired) electrons. The van der Waals surface area contributed by atoms with Crippen molar-refractivity contribution in [3.8, 4) is 34.0 Å². The molecule has 4 N–H and O–H groups in total. The fourth-order valence-corrected chi connectivity index (χ4v) is 8.24. The maximum absolute atomic E-state index is 13.9. The van der Waals surface area contributed by atoms with E-state index in [4.69, 9.17) is 18.9 Å². The molecule has 6 rings (SSSR count). The number of fused-ring (bicyclic) bond motifs is 2. The van der Waals surface area contributed by atoms with Crippen LogP contribution in [-0.4, -0.2) is 104 Å². The highest BCUT2D eigenvalue weighted by atomic mass is 32.2. The highest BCUT2D eigenvalue weighted by Gasteiger charge is 2.39. The molecule has 0 bridgehead atoms. The van der Waals surface area contributed by atoms with Gasteiger partial charge in [-0.3, -0.25) is 9.59 Å². The van der Waals surface area contributed by atoms with E-state index in [0.29, 0.717) is 49.4 Å². The molecule has 294 valence electrons. The Labute approximate surface area is 319 Å². The Morgan fingerprint density at radius 3 is 2.45 bits per heavy atom. The van der Waals surface area contributed by atoms with E-state index >= 15 is 0 Å². The number of aromatic nitrogens is 4. The number of H-pyrrole nitrogens is 2. The van der Waals surface area contributed by atoms with Crippen LogP contribution in [0.25, 0.3) is 22.5 Å². The summed E-state index contributed by atoms with van der Waals surface area (Å²) in [5.41, 5.74) is 2.59. The number of aromatic amines is 2. The van der Waals surface area contributed by atoms with Gasteiger partial charge in [0.1, 0.15) is 39.0 Å². The van der Waals surface area contributed by atoms with E-state index in [1.54, 1.807) is 61.7 Å². The molecule has 0 saturated carbocycles. The van der Waals surface area contributed by atoms with E-state index in [9.17, 15) is 22.8 Å². The van der Waals surface area contributed by atoms with Crippen molar-refractivity contribution >= 4 is 27.7 Å². The van der Waals surface area contributed by atoms with Gasteiger partial charge in [0.05, 0.1) is 55.6 Å². The SMILES string of the molecule is COC(=O)NC(C(=O)N1CCCC1c1ncc(-c2ccc3c(c2)S(=O)(=O)c2ccc(-c4cnc(CCCCNC(=O)CC(C)OC)[nH]4)cc2O3)[nH]1)C(C)OC. The number of carbonyl (C=O) groups excluding carboxylic acids is 3. The summed E-state index contributed by atoms with van der Waals surface area (Å²) >= 11 is 0. The van der Waals surface area contributed by atoms with Crippen LogP contribution < -0.4 is 15.4 Å². The van der Waals surface area contributed by atoms with E-state index in [1.807, 2.05) is 6.92 Å². The highest BCUT2D eigenvalue weighted by Crippen LogP contribution is 2.45. The zero-order valence-corrected chi connectivity index (χ0v) is 32.3. The van der Waals surface area contributed by atoms with Crippen LogP contribution in [0.4, 0.5) is 4.79 Å². The third-order valence-electron chi connectivity index (χ3n) is 9.99. The molecule has 1 fully saturated rings. The normalized spacial score (nSPS) is 17.3. The average Bonchev–Trinajstić information content (AvgIpc) is 3.98. The Hall–Kier alpha value is -5.26. The maximum Gasteiger partial charge on any atom is 0.407 e. The second-order valence-corrected chi connectivity index (χ2v) is 15.5. The predicted octanol–water partition coefficient (Wildman–Crippen LogP) is 4.69. The second-order valence-electron chi connectivity index (χ2n) is 13.7. The molecular formula is C38H47N7O9S. The van der Waals surface area contributed by atoms with Gasteiger partial charge in [0.2, 0.25) is 21.7 Å². The van der Waals surface area contributed by atoms with Gasteiger partial charge in [-0.2, -0.15) is 0 Å². The summed E-state index contributed by atoms with van der Waals surface area (Å²) in [5.74, 6) is 1.37. The Balaban J connectivity index is 1.12. The third kappa shape index (κ3) is 8.68. The number of methoxy groups -OCH3 is 3. The Morgan fingerprint density at radius 2 is 1.69 bits per heavy atom. The zero-order valence-electron chi connectivity index (χ0n) is 31.5. The number of ether oxygens (including phenoxy) is 4. The second kappa shape index (κ2) is 17.0. The van der Waals surface area contributed by atoms with Crippen LogP contribution in [0.3, 0.4) is 0 Å². The van der Waals surface area contributed by atoms with Crippen molar-refractivity contribution in [2.45, 2.75) is 86.5 Å². The Kier molecular flexibility index (Phi) is 12.2. The summed E-state index contributed by atoms with van der Waals surface area (Å²) in [6, 6.07) is 8.51. The van der Waals surface area contributed by atoms with Crippen LogP contribution in [0, 0.1) is 0 Å². The molecule has 2 aliphatic heterocycles. The Morgan fingerprint density at radius 1 is 0.945 bits per heavy atom. The molecule has 2 aliphatic rings. The van der Waals surface area contributed by atoms with Crippen LogP contribution in [0.1, 0.15) is 63.6 Å². The summed E-state index contributed by atoms with van der Waals surface area (Å²) in [4.78, 5) is 55.0. The number of carbonyl (C=O) groups is 3. The van der Waals surface area contributed by atoms with Crippen LogP contribution in [0.5, 0.6) is 11.5 Å². The first-order valence-corrected chi connectivity index (χ1v) is 19.7. The molecule has 4 aromatic rings. The van der Waals surface area contributed by atoms with E-state index in [2.05, 4.69) is 30.6 Å². The van der Waals surface area contributed by atoms with Crippen LogP contribution in [0.15, 0.2) is 58.6 Å². The number of alkyl carbamates (subject to hydrolysis) is 1. The first-order valence-electron chi connectivity index (χ1n) is 18.2. The monoisotopic (exact) mass is 777 g/mol. The van der Waals surface area contributed by atoms with Crippen molar-refractivity contribution in [2.75, 3.05) is 34.4 Å². The molecule has 2 aromatic carbocycles. The lowest BCUT2D eigenvalue weighted by atomic mass is 10.1. The number of likely N-dealkylation sites (tertiary alicyclic amines) is 1. The molecule has 4 atom stereocenters. The van der Waals surface area contributed by atoms with Gasteiger partial charge in [-0.1, -0.05) is 6.07 Å². The van der Waals surface area contributed by atoms with Crippen molar-refractivity contribution in [3.63, 3.8) is 0 Å². The minimum atomic E-state index is -3.95. The summed E-state index contributed by atoms with van der Waals surface area (Å²) in [5, 5.41) is 5.48. The molecule has 0 spiro atoms. The van der Waals surface area contributed by atoms with Crippen molar-refractivity contribution in [2.24, 2.45) is 0 Å². The van der Waals surface area contributed by atoms with Gasteiger partial charge in [-0.25, -0.2) is 23.2 Å². The molecule has 3 amide bonds. The number of aryl methyl sites for hydroxylation is 1. The zero-order chi connectivity index (χ0) is 39.3. The standard InChI is InChI=1S/C38H47N7O9S/c1-22(51-3)17-34(46)39-15-7-6-10-33-40-20-26(42-33)24-12-14-31-30(18-24)54-29-13-11-25(19-32(29)55(31,49)50)27-21-41-36(43-27)28-9-8-16-45(28)37(47)35(23(2)52-4)44-38(48)53-5/h11-14,18-23,28,35H,6-10,15-17H2,1-5H3,(H,39,46)(H,40,42)(H,41,43)(H,44,48). The number of nitrogens with zero attached hydrogens (tertiary/aromatic N) is 3. The summed E-state index contributed by atoms with van der Waals surface area (Å²) in [6.07, 6.45) is 5.84. The van der Waals surface area contributed by atoms with Crippen LogP contribution >= 0.6 is 0 Å². The van der Waals surface area contributed by atoms with Gasteiger partial charge in [0, 0.05) is 44.9 Å². The lowest BCUT2D eigenvalue weighted by Crippen LogP contribution is -2.54. The topological polar surface area (TPSA) is 207 Å².